The number of nitrogens with zero attached hydrogens (tertiary/aromatic N) is 1. The molecule has 0 fully saturated rings. The normalized spacial score (nSPS) is 18.1. The van der Waals surface area contributed by atoms with Gasteiger partial charge in [0.05, 0.1) is 5.71 Å². The Bertz CT molecular complexity index is 862. The molecule has 3 rings (SSSR count). The third-order valence-corrected chi connectivity index (χ3v) is 5.51. The first kappa shape index (κ1) is 17.1. The number of halogens is 1. The number of hydrogen-bond donors (Lipinski definition) is 2. The quantitative estimate of drug-likeness (QED) is 0.787. The van der Waals surface area contributed by atoms with Gasteiger partial charge in [0.1, 0.15) is 22.8 Å². The maximum atomic E-state index is 12.2. The van der Waals surface area contributed by atoms with Gasteiger partial charge in [-0.05, 0) is 25.1 Å². The highest BCUT2D eigenvalue weighted by Crippen LogP contribution is 2.40. The topological polar surface area (TPSA) is 83.0 Å². The highest BCUT2D eigenvalue weighted by molar-refractivity contribution is 9.10. The van der Waals surface area contributed by atoms with E-state index in [-0.39, 0.29) is 22.3 Å². The largest absolute Gasteiger partial charge is 0.508 e. The van der Waals surface area contributed by atoms with Crippen LogP contribution in [0.3, 0.4) is 0 Å². The fraction of sp³-hybridized carbons (Fsp3) is 0.294. The average Bonchev–Trinajstić information content (AvgIpc) is 2.75. The fourth-order valence-corrected chi connectivity index (χ4v) is 4.20. The number of aliphatic imine (C=N–C) groups is 1. The molecule has 1 aromatic heterocycles. The first-order valence-electron chi connectivity index (χ1n) is 7.43. The lowest BCUT2D eigenvalue weighted by molar-refractivity contribution is 0.432. The van der Waals surface area contributed by atoms with Crippen LogP contribution in [-0.2, 0) is 0 Å². The van der Waals surface area contributed by atoms with Crippen molar-refractivity contribution in [1.29, 1.82) is 0 Å². The Labute approximate surface area is 151 Å². The van der Waals surface area contributed by atoms with Crippen molar-refractivity contribution in [1.82, 2.24) is 0 Å². The van der Waals surface area contributed by atoms with Crippen LogP contribution in [0, 0.1) is 6.92 Å². The standard InChI is InChI=1S/C17H16BrNO4S/c1-9-6-14(21)16(17(22)23-9)12-8-15(24-5-4-19-12)11-7-10(18)2-3-13(11)20/h2-3,6-7,15,20-21H,4-5,8H2,1H3/t15-/m1/s1. The van der Waals surface area contributed by atoms with Crippen LogP contribution < -0.4 is 5.63 Å². The molecule has 7 heteroatoms. The van der Waals surface area contributed by atoms with Crippen molar-refractivity contribution in [3.63, 3.8) is 0 Å². The molecule has 0 amide bonds. The lowest BCUT2D eigenvalue weighted by atomic mass is 10.0. The first-order chi connectivity index (χ1) is 11.5. The number of hydrogen-bond acceptors (Lipinski definition) is 6. The summed E-state index contributed by atoms with van der Waals surface area (Å²) >= 11 is 5.08. The van der Waals surface area contributed by atoms with Gasteiger partial charge in [0.15, 0.2) is 0 Å². The van der Waals surface area contributed by atoms with Crippen LogP contribution in [0.1, 0.15) is 28.6 Å². The van der Waals surface area contributed by atoms with E-state index in [9.17, 15) is 15.0 Å². The van der Waals surface area contributed by atoms with E-state index in [0.29, 0.717) is 24.4 Å². The number of benzene rings is 1. The molecule has 1 aromatic carbocycles. The molecule has 0 radical (unpaired) electrons. The number of phenols is 1. The van der Waals surface area contributed by atoms with Crippen LogP contribution >= 0.6 is 27.7 Å². The van der Waals surface area contributed by atoms with Crippen molar-refractivity contribution in [3.05, 3.63) is 56.0 Å². The van der Waals surface area contributed by atoms with Crippen LogP contribution in [-0.4, -0.2) is 28.2 Å². The molecule has 1 aliphatic rings. The average molecular weight is 410 g/mol. The van der Waals surface area contributed by atoms with Crippen molar-refractivity contribution >= 4 is 33.4 Å². The Hall–Kier alpha value is -1.73. The summed E-state index contributed by atoms with van der Waals surface area (Å²) in [7, 11) is 0. The van der Waals surface area contributed by atoms with Gasteiger partial charge in [0, 0.05) is 40.1 Å². The van der Waals surface area contributed by atoms with Crippen molar-refractivity contribution in [3.8, 4) is 11.5 Å². The molecule has 24 heavy (non-hydrogen) atoms. The van der Waals surface area contributed by atoms with E-state index in [1.54, 1.807) is 30.8 Å². The minimum absolute atomic E-state index is 0.0659. The lowest BCUT2D eigenvalue weighted by Gasteiger charge is -2.17. The molecule has 126 valence electrons. The van der Waals surface area contributed by atoms with Gasteiger partial charge in [-0.2, -0.15) is 11.8 Å². The highest BCUT2D eigenvalue weighted by atomic mass is 79.9. The third-order valence-electron chi connectivity index (χ3n) is 3.77. The minimum Gasteiger partial charge on any atom is -0.508 e. The van der Waals surface area contributed by atoms with Crippen molar-refractivity contribution < 1.29 is 14.6 Å². The maximum absolute atomic E-state index is 12.2. The molecule has 0 aliphatic carbocycles. The molecular formula is C17H16BrNO4S. The SMILES string of the molecule is Cc1cc(O)c(C2=NCCS[C@@H](c3cc(Br)ccc3O)C2)c(=O)o1. The van der Waals surface area contributed by atoms with Gasteiger partial charge in [-0.1, -0.05) is 15.9 Å². The number of phenolic OH excluding ortho intramolecular Hbond substituents is 1. The second kappa shape index (κ2) is 7.03. The zero-order chi connectivity index (χ0) is 17.3. The summed E-state index contributed by atoms with van der Waals surface area (Å²) in [5.74, 6) is 1.20. The van der Waals surface area contributed by atoms with E-state index in [1.807, 2.05) is 6.07 Å². The zero-order valence-corrected chi connectivity index (χ0v) is 15.4. The summed E-state index contributed by atoms with van der Waals surface area (Å²) in [4.78, 5) is 16.6. The maximum Gasteiger partial charge on any atom is 0.348 e. The van der Waals surface area contributed by atoms with Crippen LogP contribution in [0.25, 0.3) is 0 Å². The minimum atomic E-state index is -0.588. The smallest absolute Gasteiger partial charge is 0.348 e. The molecule has 0 saturated heterocycles. The lowest BCUT2D eigenvalue weighted by Crippen LogP contribution is -2.17. The molecule has 5 nitrogen and oxygen atoms in total. The van der Waals surface area contributed by atoms with Crippen LogP contribution in [0.4, 0.5) is 0 Å². The van der Waals surface area contributed by atoms with E-state index < -0.39 is 5.63 Å². The monoisotopic (exact) mass is 409 g/mol. The predicted molar refractivity (Wildman–Crippen MR) is 98.4 cm³/mol. The van der Waals surface area contributed by atoms with Gasteiger partial charge in [-0.25, -0.2) is 4.79 Å². The molecule has 0 bridgehead atoms. The summed E-state index contributed by atoms with van der Waals surface area (Å²) < 4.78 is 5.98. The molecule has 0 unspecified atom stereocenters. The molecule has 1 atom stereocenters. The van der Waals surface area contributed by atoms with Crippen LogP contribution in [0.2, 0.25) is 0 Å². The van der Waals surface area contributed by atoms with Crippen molar-refractivity contribution in [2.24, 2.45) is 4.99 Å². The summed E-state index contributed by atoms with van der Waals surface area (Å²) in [5, 5.41) is 20.3. The summed E-state index contributed by atoms with van der Waals surface area (Å²) in [5.41, 5.74) is 0.813. The molecule has 1 aliphatic heterocycles. The van der Waals surface area contributed by atoms with E-state index in [2.05, 4.69) is 20.9 Å². The number of aryl methyl sites for hydroxylation is 1. The molecular weight excluding hydrogens is 394 g/mol. The Morgan fingerprint density at radius 2 is 2.08 bits per heavy atom. The van der Waals surface area contributed by atoms with Gasteiger partial charge in [-0.3, -0.25) is 4.99 Å². The van der Waals surface area contributed by atoms with Gasteiger partial charge >= 0.3 is 5.63 Å². The van der Waals surface area contributed by atoms with Crippen molar-refractivity contribution in [2.45, 2.75) is 18.6 Å². The number of aromatic hydroxyl groups is 2. The van der Waals surface area contributed by atoms with Gasteiger partial charge in [0.25, 0.3) is 0 Å². The molecule has 2 aromatic rings. The third kappa shape index (κ3) is 3.52. The van der Waals surface area contributed by atoms with E-state index >= 15 is 0 Å². The highest BCUT2D eigenvalue weighted by Gasteiger charge is 2.25. The summed E-state index contributed by atoms with van der Waals surface area (Å²) in [6, 6.07) is 6.70. The number of thioether (sulfide) groups is 1. The Balaban J connectivity index is 2.01. The molecule has 2 N–H and O–H groups in total. The van der Waals surface area contributed by atoms with Crippen LogP contribution in [0.5, 0.6) is 11.5 Å². The van der Waals surface area contributed by atoms with Crippen LogP contribution in [0.15, 0.2) is 42.9 Å². The Kier molecular flexibility index (Phi) is 5.01. The van der Waals surface area contributed by atoms with Gasteiger partial charge < -0.3 is 14.6 Å². The molecule has 2 heterocycles. The first-order valence-corrected chi connectivity index (χ1v) is 9.27. The fourth-order valence-electron chi connectivity index (χ4n) is 2.70. The Morgan fingerprint density at radius 1 is 1.29 bits per heavy atom. The predicted octanol–water partition coefficient (Wildman–Crippen LogP) is 3.79. The molecule has 0 saturated carbocycles. The molecule has 0 spiro atoms. The van der Waals surface area contributed by atoms with E-state index in [0.717, 1.165) is 15.8 Å². The Morgan fingerprint density at radius 3 is 2.83 bits per heavy atom. The second-order valence-corrected chi connectivity index (χ2v) is 7.73. The van der Waals surface area contributed by atoms with Gasteiger partial charge in [0.2, 0.25) is 0 Å². The second-order valence-electron chi connectivity index (χ2n) is 5.50. The van der Waals surface area contributed by atoms with Crippen molar-refractivity contribution in [2.75, 3.05) is 12.3 Å². The number of rotatable bonds is 2. The van der Waals surface area contributed by atoms with E-state index in [1.165, 1.54) is 6.07 Å². The van der Waals surface area contributed by atoms with Gasteiger partial charge in [-0.15, -0.1) is 0 Å². The zero-order valence-electron chi connectivity index (χ0n) is 13.0. The summed E-state index contributed by atoms with van der Waals surface area (Å²) in [6.45, 7) is 2.15. The van der Waals surface area contributed by atoms with E-state index in [4.69, 9.17) is 4.42 Å². The summed E-state index contributed by atoms with van der Waals surface area (Å²) in [6.07, 6.45) is 0.427.